The largest absolute Gasteiger partial charge is 0.227 e. The van der Waals surface area contributed by atoms with E-state index in [0.717, 1.165) is 0 Å². The van der Waals surface area contributed by atoms with Crippen LogP contribution in [-0.2, 0) is 19.4 Å². The van der Waals surface area contributed by atoms with E-state index in [1.807, 2.05) is 0 Å². The molecule has 0 aliphatic rings. The summed E-state index contributed by atoms with van der Waals surface area (Å²) >= 11 is 92.8. The van der Waals surface area contributed by atoms with Gasteiger partial charge in [0.2, 0.25) is 11.4 Å². The van der Waals surface area contributed by atoms with Crippen molar-refractivity contribution in [2.45, 2.75) is 43.6 Å². The maximum Gasteiger partial charge on any atom is 0.227 e. The number of hydrogen-bond acceptors (Lipinski definition) is 0. The predicted octanol–water partition coefficient (Wildman–Crippen LogP) is 11.8. The van der Waals surface area contributed by atoms with Crippen LogP contribution in [0.4, 0.5) is 0 Å². The maximum atomic E-state index is 6.48. The van der Waals surface area contributed by atoms with Crippen LogP contribution in [0.25, 0.3) is 0 Å². The second-order valence-corrected chi connectivity index (χ2v) is 17.0. The van der Waals surface area contributed by atoms with Crippen LogP contribution >= 0.6 is 174 Å². The highest BCUT2D eigenvalue weighted by molar-refractivity contribution is 6.77. The molecule has 1 rings (SSSR count). The molecule has 0 N–H and O–H groups in total. The molecule has 0 saturated carbocycles. The highest BCUT2D eigenvalue weighted by Crippen LogP contribution is 2.61. The third kappa shape index (κ3) is 7.12. The molecule has 0 spiro atoms. The Morgan fingerprint density at radius 3 is 1.13 bits per heavy atom. The van der Waals surface area contributed by atoms with E-state index >= 15 is 0 Å². The minimum atomic E-state index is -2.26. The van der Waals surface area contributed by atoms with Gasteiger partial charge in [0.25, 0.3) is 0 Å². The van der Waals surface area contributed by atoms with Crippen LogP contribution in [0.5, 0.6) is 0 Å². The Bertz CT molecular complexity index is 733. The predicted molar refractivity (Wildman–Crippen MR) is 146 cm³/mol. The molecule has 0 heterocycles. The zero-order chi connectivity index (χ0) is 24.8. The summed E-state index contributed by atoms with van der Waals surface area (Å²) < 4.78 is -13.3. The van der Waals surface area contributed by atoms with Crippen molar-refractivity contribution in [1.29, 1.82) is 0 Å². The first-order chi connectivity index (χ1) is 13.5. The molecular weight excluding hydrogens is 724 g/mol. The molecule has 179 valence electrons. The monoisotopic (exact) mass is 727 g/mol. The van der Waals surface area contributed by atoms with Gasteiger partial charge in [-0.1, -0.05) is 187 Å². The Balaban J connectivity index is 4.20. The van der Waals surface area contributed by atoms with E-state index in [1.54, 1.807) is 0 Å². The van der Waals surface area contributed by atoms with Crippen LogP contribution in [0.3, 0.4) is 0 Å². The lowest BCUT2D eigenvalue weighted by Gasteiger charge is -2.37. The van der Waals surface area contributed by atoms with Gasteiger partial charge in [-0.2, -0.15) is 0 Å². The molecule has 0 aromatic heterocycles. The van der Waals surface area contributed by atoms with Gasteiger partial charge in [0, 0.05) is 0 Å². The summed E-state index contributed by atoms with van der Waals surface area (Å²) in [5, 5.41) is 0. The summed E-state index contributed by atoms with van der Waals surface area (Å²) in [4.78, 5) is 0. The van der Waals surface area contributed by atoms with Crippen molar-refractivity contribution in [3.63, 3.8) is 0 Å². The lowest BCUT2D eigenvalue weighted by atomic mass is 9.89. The van der Waals surface area contributed by atoms with Gasteiger partial charge in [-0.3, -0.25) is 0 Å². The third-order valence-corrected chi connectivity index (χ3v) is 11.3. The van der Waals surface area contributed by atoms with E-state index in [9.17, 15) is 0 Å². The van der Waals surface area contributed by atoms with Gasteiger partial charge < -0.3 is 0 Å². The van der Waals surface area contributed by atoms with Crippen LogP contribution in [0, 0.1) is 6.92 Å². The molecule has 1 aromatic carbocycles. The number of hydrogen-bond donors (Lipinski definition) is 0. The average molecular weight is 734 g/mol. The van der Waals surface area contributed by atoms with Crippen molar-refractivity contribution in [3.05, 3.63) is 41.3 Å². The van der Waals surface area contributed by atoms with Crippen LogP contribution in [0.15, 0.2) is 12.1 Å². The fraction of sp³-hybridized carbons (Fsp3) is 0.562. The van der Waals surface area contributed by atoms with Crippen LogP contribution in [0.2, 0.25) is 0 Å². The van der Waals surface area contributed by atoms with Gasteiger partial charge in [0.05, 0.1) is 0 Å². The zero-order valence-electron chi connectivity index (χ0n) is 14.7. The Labute approximate surface area is 256 Å². The molecule has 1 aromatic rings. The lowest BCUT2D eigenvalue weighted by molar-refractivity contribution is 0.753. The number of unbranched alkanes of at least 4 members (excludes halogenated alkanes) is 1. The summed E-state index contributed by atoms with van der Waals surface area (Å²) in [6.45, 7) is 3.79. The Hall–Kier alpha value is 3.57. The second kappa shape index (κ2) is 11.1. The molecule has 0 fully saturated rings. The van der Waals surface area contributed by atoms with Crippen LogP contribution in [-0.4, -0.2) is 11.4 Å². The van der Waals surface area contributed by atoms with E-state index in [2.05, 4.69) is 6.92 Å². The van der Waals surface area contributed by atoms with Crippen molar-refractivity contribution < 1.29 is 0 Å². The lowest BCUT2D eigenvalue weighted by Crippen LogP contribution is -2.36. The number of benzene rings is 1. The molecule has 0 atom stereocenters. The van der Waals surface area contributed by atoms with Crippen molar-refractivity contribution in [1.82, 2.24) is 0 Å². The molecule has 15 heteroatoms. The summed E-state index contributed by atoms with van der Waals surface area (Å²) in [6, 6.07) is 2.60. The quantitative estimate of drug-likeness (QED) is 0.255. The summed E-state index contributed by atoms with van der Waals surface area (Å²) in [5.74, 6) is 0. The van der Waals surface area contributed by atoms with E-state index < -0.39 is 24.4 Å². The Morgan fingerprint density at radius 1 is 0.548 bits per heavy atom. The molecule has 0 aliphatic heterocycles. The van der Waals surface area contributed by atoms with Crippen molar-refractivity contribution in [3.8, 4) is 0 Å². The van der Waals surface area contributed by atoms with Crippen LogP contribution < -0.4 is 0 Å². The van der Waals surface area contributed by atoms with Crippen molar-refractivity contribution in [2.24, 2.45) is 0 Å². The first kappa shape index (κ1) is 32.6. The fourth-order valence-electron chi connectivity index (χ4n) is 2.45. The molecule has 0 aliphatic carbocycles. The Kier molecular flexibility index (Phi) is 11.7. The van der Waals surface area contributed by atoms with Gasteiger partial charge in [0.1, 0.15) is 0 Å². The fourth-order valence-corrected chi connectivity index (χ4v) is 4.28. The summed E-state index contributed by atoms with van der Waals surface area (Å²) in [6.07, 6.45) is 1.24. The highest BCUT2D eigenvalue weighted by Gasteiger charge is 2.55. The molecule has 0 amide bonds. The smallest absolute Gasteiger partial charge is 0.0915 e. The molecule has 0 nitrogen and oxygen atoms in total. The van der Waals surface area contributed by atoms with Gasteiger partial charge in [-0.15, -0.1) is 0 Å². The SMILES string of the molecule is [CH2]CCCc1c(C(Cl)(Cl)C(Cl)(Cl)Cl)cc(C(Cl)(Cl)C(Cl)(Cl)Cl)cc1C(Cl)(Cl)C(Cl)(Cl)Cl. The molecule has 31 heavy (non-hydrogen) atoms. The summed E-state index contributed by atoms with van der Waals surface area (Å²) in [5.41, 5.74) is 0.223. The average Bonchev–Trinajstić information content (AvgIpc) is 2.55. The third-order valence-electron chi connectivity index (χ3n) is 4.03. The summed E-state index contributed by atoms with van der Waals surface area (Å²) in [7, 11) is 0. The first-order valence-electron chi connectivity index (χ1n) is 7.84. The van der Waals surface area contributed by atoms with E-state index in [1.165, 1.54) is 12.1 Å². The van der Waals surface area contributed by atoms with Crippen molar-refractivity contribution in [2.75, 3.05) is 0 Å². The second-order valence-electron chi connectivity index (χ2n) is 6.22. The number of alkyl halides is 15. The molecule has 0 saturated heterocycles. The highest BCUT2D eigenvalue weighted by atomic mass is 35.6. The van der Waals surface area contributed by atoms with Gasteiger partial charge >= 0.3 is 0 Å². The molecule has 1 radical (unpaired) electrons. The number of halogens is 15. The van der Waals surface area contributed by atoms with Gasteiger partial charge in [-0.05, 0) is 47.2 Å². The molecular formula is C16H10Cl15. The minimum Gasteiger partial charge on any atom is -0.0915 e. The number of rotatable bonds is 6. The minimum absolute atomic E-state index is 0.00312. The van der Waals surface area contributed by atoms with Gasteiger partial charge in [0.15, 0.2) is 13.0 Å². The first-order valence-corrected chi connectivity index (χ1v) is 13.5. The maximum absolute atomic E-state index is 6.48. The van der Waals surface area contributed by atoms with E-state index in [-0.39, 0.29) is 23.1 Å². The Morgan fingerprint density at radius 2 is 0.871 bits per heavy atom. The molecule has 0 unspecified atom stereocenters. The zero-order valence-corrected chi connectivity index (χ0v) is 26.0. The van der Waals surface area contributed by atoms with E-state index in [4.69, 9.17) is 174 Å². The topological polar surface area (TPSA) is 0 Å². The van der Waals surface area contributed by atoms with Crippen molar-refractivity contribution >= 4 is 174 Å². The normalized spacial score (nSPS) is 14.8. The standard InChI is InChI=1S/C16H10Cl15/c1-2-3-4-8-9(12(19,20)15(26,27)28)5-7(11(17,18)14(23,24)25)6-10(8)13(21,22)16(29,30)31/h5-6H,1-4H2. The van der Waals surface area contributed by atoms with Gasteiger partial charge in [-0.25, -0.2) is 0 Å². The van der Waals surface area contributed by atoms with E-state index in [0.29, 0.717) is 18.4 Å². The molecule has 0 bridgehead atoms. The van der Waals surface area contributed by atoms with Crippen LogP contribution in [0.1, 0.15) is 35.1 Å².